The highest BCUT2D eigenvalue weighted by Crippen LogP contribution is 2.25. The number of hydrogen-bond acceptors (Lipinski definition) is 5. The van der Waals surface area contributed by atoms with Crippen molar-refractivity contribution in [3.63, 3.8) is 0 Å². The number of carbonyl (C=O) groups excluding carboxylic acids is 1. The Hall–Kier alpha value is -3.39. The number of nitrogens with zero attached hydrogens (tertiary/aromatic N) is 1. The van der Waals surface area contributed by atoms with Gasteiger partial charge in [0.25, 0.3) is 10.0 Å². The van der Waals surface area contributed by atoms with Gasteiger partial charge in [0.05, 0.1) is 11.5 Å². The quantitative estimate of drug-likeness (QED) is 0.427. The van der Waals surface area contributed by atoms with Gasteiger partial charge < -0.3 is 10.1 Å². The summed E-state index contributed by atoms with van der Waals surface area (Å²) in [6, 6.07) is 17.1. The third kappa shape index (κ3) is 7.61. The van der Waals surface area contributed by atoms with Gasteiger partial charge in [0.1, 0.15) is 5.75 Å². The number of urea groups is 1. The number of sulfonamides is 1. The van der Waals surface area contributed by atoms with Gasteiger partial charge in [-0.3, -0.25) is 4.98 Å². The third-order valence-electron chi connectivity index (χ3n) is 4.83. The SMILES string of the molecule is CC(C)NC(=O)NS(=O)(=O)c1cccc(-c2ccc(OCCCCc3cccnc3)cc2)c1. The fourth-order valence-corrected chi connectivity index (χ4v) is 4.19. The van der Waals surface area contributed by atoms with Crippen molar-refractivity contribution in [1.82, 2.24) is 15.0 Å². The molecule has 0 unspecified atom stereocenters. The zero-order chi connectivity index (χ0) is 23.7. The number of carbonyl (C=O) groups is 1. The van der Waals surface area contributed by atoms with Crippen molar-refractivity contribution < 1.29 is 17.9 Å². The standard InChI is InChI=1S/C25H29N3O4S/c1-19(2)27-25(29)28-33(30,31)24-10-5-9-22(17-24)21-11-13-23(14-12-21)32-16-4-3-7-20-8-6-15-26-18-20/h5-6,8-15,17-19H,3-4,7,16H2,1-2H3,(H2,27,28,29). The molecule has 0 bridgehead atoms. The van der Waals surface area contributed by atoms with Crippen molar-refractivity contribution in [2.75, 3.05) is 6.61 Å². The molecule has 0 aliphatic carbocycles. The second-order valence-electron chi connectivity index (χ2n) is 7.95. The molecule has 0 saturated carbocycles. The number of rotatable bonds is 10. The van der Waals surface area contributed by atoms with Crippen molar-refractivity contribution >= 4 is 16.1 Å². The summed E-state index contributed by atoms with van der Waals surface area (Å²) in [5, 5.41) is 2.51. The minimum atomic E-state index is -3.97. The van der Waals surface area contributed by atoms with Crippen LogP contribution >= 0.6 is 0 Å². The van der Waals surface area contributed by atoms with Crippen LogP contribution < -0.4 is 14.8 Å². The molecule has 0 spiro atoms. The topological polar surface area (TPSA) is 97.4 Å². The van der Waals surface area contributed by atoms with Crippen molar-refractivity contribution in [3.8, 4) is 16.9 Å². The van der Waals surface area contributed by atoms with E-state index in [9.17, 15) is 13.2 Å². The van der Waals surface area contributed by atoms with E-state index >= 15 is 0 Å². The molecule has 33 heavy (non-hydrogen) atoms. The van der Waals surface area contributed by atoms with Crippen LogP contribution in [0.3, 0.4) is 0 Å². The van der Waals surface area contributed by atoms with Gasteiger partial charge >= 0.3 is 6.03 Å². The Morgan fingerprint density at radius 3 is 2.48 bits per heavy atom. The maximum absolute atomic E-state index is 12.5. The Bertz CT molecular complexity index is 1150. The van der Waals surface area contributed by atoms with Gasteiger partial charge in [0.15, 0.2) is 0 Å². The molecular weight excluding hydrogens is 438 g/mol. The van der Waals surface area contributed by atoms with Crippen LogP contribution in [-0.4, -0.2) is 32.1 Å². The number of pyridine rings is 1. The Morgan fingerprint density at radius 1 is 1.00 bits per heavy atom. The monoisotopic (exact) mass is 467 g/mol. The number of aromatic nitrogens is 1. The molecule has 1 heterocycles. The number of amides is 2. The highest BCUT2D eigenvalue weighted by atomic mass is 32.2. The summed E-state index contributed by atoms with van der Waals surface area (Å²) in [5.74, 6) is 0.760. The molecule has 0 atom stereocenters. The van der Waals surface area contributed by atoms with E-state index in [0.29, 0.717) is 6.61 Å². The maximum Gasteiger partial charge on any atom is 0.328 e. The van der Waals surface area contributed by atoms with Gasteiger partial charge in [0.2, 0.25) is 0 Å². The smallest absolute Gasteiger partial charge is 0.328 e. The van der Waals surface area contributed by atoms with Gasteiger partial charge in [-0.15, -0.1) is 0 Å². The molecule has 0 aliphatic heterocycles. The summed E-state index contributed by atoms with van der Waals surface area (Å²) >= 11 is 0. The average Bonchev–Trinajstić information content (AvgIpc) is 2.79. The molecule has 1 aromatic heterocycles. The zero-order valence-electron chi connectivity index (χ0n) is 18.8. The molecule has 7 nitrogen and oxygen atoms in total. The highest BCUT2D eigenvalue weighted by Gasteiger charge is 2.18. The van der Waals surface area contributed by atoms with Crippen LogP contribution in [0.2, 0.25) is 0 Å². The van der Waals surface area contributed by atoms with Crippen molar-refractivity contribution in [2.24, 2.45) is 0 Å². The molecule has 0 radical (unpaired) electrons. The fourth-order valence-electron chi connectivity index (χ4n) is 3.23. The van der Waals surface area contributed by atoms with Crippen LogP contribution in [0, 0.1) is 0 Å². The Morgan fingerprint density at radius 2 is 1.79 bits per heavy atom. The fraction of sp³-hybridized carbons (Fsp3) is 0.280. The second kappa shape index (κ2) is 11.5. The van der Waals surface area contributed by atoms with E-state index < -0.39 is 16.1 Å². The predicted molar refractivity (Wildman–Crippen MR) is 129 cm³/mol. The van der Waals surface area contributed by atoms with Crippen LogP contribution in [0.1, 0.15) is 32.3 Å². The molecule has 3 rings (SSSR count). The first-order valence-electron chi connectivity index (χ1n) is 10.9. The molecule has 0 saturated heterocycles. The minimum absolute atomic E-state index is 0.0212. The lowest BCUT2D eigenvalue weighted by atomic mass is 10.1. The van der Waals surface area contributed by atoms with Gasteiger partial charge in [-0.05, 0) is 80.1 Å². The first kappa shape index (κ1) is 24.3. The highest BCUT2D eigenvalue weighted by molar-refractivity contribution is 7.90. The minimum Gasteiger partial charge on any atom is -0.494 e. The summed E-state index contributed by atoms with van der Waals surface area (Å²) in [7, 11) is -3.97. The van der Waals surface area contributed by atoms with Gasteiger partial charge in [0, 0.05) is 18.4 Å². The van der Waals surface area contributed by atoms with Crippen LogP contribution in [0.4, 0.5) is 4.79 Å². The van der Waals surface area contributed by atoms with E-state index in [2.05, 4.69) is 16.4 Å². The summed E-state index contributed by atoms with van der Waals surface area (Å²) < 4.78 is 32.9. The Balaban J connectivity index is 1.55. The van der Waals surface area contributed by atoms with Gasteiger partial charge in [-0.25, -0.2) is 17.9 Å². The summed E-state index contributed by atoms with van der Waals surface area (Å²) in [6.07, 6.45) is 6.59. The Labute approximate surface area is 195 Å². The number of nitrogens with one attached hydrogen (secondary N) is 2. The van der Waals surface area contributed by atoms with Crippen LogP contribution in [0.5, 0.6) is 5.75 Å². The van der Waals surface area contributed by atoms with Crippen molar-refractivity contribution in [3.05, 3.63) is 78.6 Å². The number of benzene rings is 2. The zero-order valence-corrected chi connectivity index (χ0v) is 19.6. The average molecular weight is 468 g/mol. The number of hydrogen-bond donors (Lipinski definition) is 2. The van der Waals surface area contributed by atoms with Gasteiger partial charge in [-0.1, -0.05) is 30.3 Å². The maximum atomic E-state index is 12.5. The first-order chi connectivity index (χ1) is 15.8. The number of ether oxygens (including phenoxy) is 1. The summed E-state index contributed by atoms with van der Waals surface area (Å²) in [6.45, 7) is 4.13. The lowest BCUT2D eigenvalue weighted by molar-refractivity contribution is 0.243. The summed E-state index contributed by atoms with van der Waals surface area (Å²) in [4.78, 5) is 16.0. The molecule has 0 fully saturated rings. The number of unbranched alkanes of at least 4 members (excludes halogenated alkanes) is 1. The van der Waals surface area contributed by atoms with E-state index in [1.54, 1.807) is 32.2 Å². The largest absolute Gasteiger partial charge is 0.494 e. The lowest BCUT2D eigenvalue weighted by Crippen LogP contribution is -2.42. The van der Waals surface area contributed by atoms with E-state index in [4.69, 9.17) is 4.74 Å². The number of aryl methyl sites for hydroxylation is 1. The molecule has 3 aromatic rings. The van der Waals surface area contributed by atoms with Crippen molar-refractivity contribution in [1.29, 1.82) is 0 Å². The van der Waals surface area contributed by atoms with Crippen LogP contribution in [-0.2, 0) is 16.4 Å². The summed E-state index contributed by atoms with van der Waals surface area (Å²) in [5.41, 5.74) is 2.80. The van der Waals surface area contributed by atoms with E-state index in [-0.39, 0.29) is 10.9 Å². The van der Waals surface area contributed by atoms with E-state index in [1.807, 2.05) is 47.3 Å². The molecular formula is C25H29N3O4S. The first-order valence-corrected chi connectivity index (χ1v) is 12.4. The molecule has 2 aromatic carbocycles. The molecule has 8 heteroatoms. The Kier molecular flexibility index (Phi) is 8.43. The molecule has 2 amide bonds. The normalized spacial score (nSPS) is 11.2. The van der Waals surface area contributed by atoms with E-state index in [1.165, 1.54) is 11.6 Å². The van der Waals surface area contributed by atoms with Gasteiger partial charge in [-0.2, -0.15) is 0 Å². The molecule has 0 aliphatic rings. The van der Waals surface area contributed by atoms with Crippen molar-refractivity contribution in [2.45, 2.75) is 44.0 Å². The third-order valence-corrected chi connectivity index (χ3v) is 6.16. The second-order valence-corrected chi connectivity index (χ2v) is 9.64. The van der Waals surface area contributed by atoms with E-state index in [0.717, 1.165) is 36.1 Å². The molecule has 174 valence electrons. The predicted octanol–water partition coefficient (Wildman–Crippen LogP) is 4.55. The van der Waals surface area contributed by atoms with Crippen LogP contribution in [0.15, 0.2) is 78.0 Å². The van der Waals surface area contributed by atoms with Crippen LogP contribution in [0.25, 0.3) is 11.1 Å². The molecule has 2 N–H and O–H groups in total. The lowest BCUT2D eigenvalue weighted by Gasteiger charge is -2.12.